The average molecular weight is 342 g/mol. The monoisotopic (exact) mass is 342 g/mol. The van der Waals surface area contributed by atoms with Crippen LogP contribution < -0.4 is 4.74 Å². The number of aryl methyl sites for hydroxylation is 1. The van der Waals surface area contributed by atoms with Crippen LogP contribution in [0.1, 0.15) is 30.3 Å². The first-order valence-corrected chi connectivity index (χ1v) is 7.93. The maximum atomic E-state index is 12.8. The van der Waals surface area contributed by atoms with Gasteiger partial charge in [0.1, 0.15) is 11.8 Å². The SMILES string of the molecule is Cc1nnc(C2COCCN2C(=O)C(C)Oc2cccc(C#N)c2)o1. The molecule has 0 aliphatic carbocycles. The number of hydrogen-bond acceptors (Lipinski definition) is 7. The summed E-state index contributed by atoms with van der Waals surface area (Å²) < 4.78 is 16.6. The summed E-state index contributed by atoms with van der Waals surface area (Å²) in [5.74, 6) is 1.06. The highest BCUT2D eigenvalue weighted by molar-refractivity contribution is 5.81. The van der Waals surface area contributed by atoms with Gasteiger partial charge in [0.25, 0.3) is 5.91 Å². The number of carbonyl (C=O) groups is 1. The molecule has 0 bridgehead atoms. The van der Waals surface area contributed by atoms with Gasteiger partial charge in [0.2, 0.25) is 11.8 Å². The van der Waals surface area contributed by atoms with Crippen LogP contribution in [0.4, 0.5) is 0 Å². The second kappa shape index (κ2) is 7.32. The summed E-state index contributed by atoms with van der Waals surface area (Å²) in [6.07, 6.45) is -0.724. The number of hydrogen-bond donors (Lipinski definition) is 0. The molecule has 0 spiro atoms. The van der Waals surface area contributed by atoms with E-state index in [0.29, 0.717) is 42.9 Å². The summed E-state index contributed by atoms with van der Waals surface area (Å²) in [4.78, 5) is 14.5. The van der Waals surface area contributed by atoms with E-state index in [4.69, 9.17) is 19.2 Å². The zero-order valence-corrected chi connectivity index (χ0v) is 14.0. The summed E-state index contributed by atoms with van der Waals surface area (Å²) in [5, 5.41) is 16.8. The van der Waals surface area contributed by atoms with E-state index in [9.17, 15) is 4.79 Å². The molecule has 1 fully saturated rings. The van der Waals surface area contributed by atoms with Gasteiger partial charge in [-0.1, -0.05) is 6.07 Å². The van der Waals surface area contributed by atoms with E-state index >= 15 is 0 Å². The third-order valence-corrected chi connectivity index (χ3v) is 3.86. The van der Waals surface area contributed by atoms with E-state index in [2.05, 4.69) is 10.2 Å². The molecule has 25 heavy (non-hydrogen) atoms. The molecule has 1 aromatic heterocycles. The molecule has 8 heteroatoms. The summed E-state index contributed by atoms with van der Waals surface area (Å²) >= 11 is 0. The minimum absolute atomic E-state index is 0.202. The summed E-state index contributed by atoms with van der Waals surface area (Å²) in [7, 11) is 0. The molecule has 2 unspecified atom stereocenters. The Kier molecular flexibility index (Phi) is 4.95. The Morgan fingerprint density at radius 2 is 2.32 bits per heavy atom. The van der Waals surface area contributed by atoms with Gasteiger partial charge in [0.15, 0.2) is 6.10 Å². The second-order valence-electron chi connectivity index (χ2n) is 5.68. The molecule has 2 heterocycles. The lowest BCUT2D eigenvalue weighted by molar-refractivity contribution is -0.148. The van der Waals surface area contributed by atoms with Crippen LogP contribution in [0.25, 0.3) is 0 Å². The van der Waals surface area contributed by atoms with Crippen LogP contribution in [0, 0.1) is 18.3 Å². The van der Waals surface area contributed by atoms with Crippen LogP contribution in [-0.4, -0.2) is 46.9 Å². The second-order valence-corrected chi connectivity index (χ2v) is 5.68. The van der Waals surface area contributed by atoms with Crippen molar-refractivity contribution in [3.05, 3.63) is 41.6 Å². The van der Waals surface area contributed by atoms with Crippen molar-refractivity contribution in [3.63, 3.8) is 0 Å². The van der Waals surface area contributed by atoms with Crippen LogP contribution in [0.15, 0.2) is 28.7 Å². The van der Waals surface area contributed by atoms with E-state index in [-0.39, 0.29) is 5.91 Å². The van der Waals surface area contributed by atoms with E-state index in [1.807, 2.05) is 6.07 Å². The number of nitriles is 1. The molecular weight excluding hydrogens is 324 g/mol. The van der Waals surface area contributed by atoms with E-state index < -0.39 is 12.1 Å². The number of rotatable bonds is 4. The molecule has 8 nitrogen and oxygen atoms in total. The molecule has 0 radical (unpaired) electrons. The predicted octanol–water partition coefficient (Wildman–Crippen LogP) is 1.62. The highest BCUT2D eigenvalue weighted by Gasteiger charge is 2.35. The van der Waals surface area contributed by atoms with Crippen molar-refractivity contribution in [2.24, 2.45) is 0 Å². The quantitative estimate of drug-likeness (QED) is 0.832. The predicted molar refractivity (Wildman–Crippen MR) is 85.6 cm³/mol. The van der Waals surface area contributed by atoms with Crippen molar-refractivity contribution in [2.75, 3.05) is 19.8 Å². The average Bonchev–Trinajstić information content (AvgIpc) is 3.07. The Morgan fingerprint density at radius 3 is 3.04 bits per heavy atom. The van der Waals surface area contributed by atoms with Crippen LogP contribution in [0.2, 0.25) is 0 Å². The molecule has 1 aliphatic rings. The van der Waals surface area contributed by atoms with Gasteiger partial charge in [-0.2, -0.15) is 5.26 Å². The fraction of sp³-hybridized carbons (Fsp3) is 0.412. The highest BCUT2D eigenvalue weighted by atomic mass is 16.5. The van der Waals surface area contributed by atoms with Gasteiger partial charge >= 0.3 is 0 Å². The molecular formula is C17H18N4O4. The van der Waals surface area contributed by atoms with Gasteiger partial charge in [0.05, 0.1) is 24.8 Å². The van der Waals surface area contributed by atoms with Crippen LogP contribution >= 0.6 is 0 Å². The lowest BCUT2D eigenvalue weighted by Gasteiger charge is -2.35. The Bertz CT molecular complexity index is 798. The number of nitrogens with zero attached hydrogens (tertiary/aromatic N) is 4. The summed E-state index contributed by atoms with van der Waals surface area (Å²) in [5.41, 5.74) is 0.475. The third kappa shape index (κ3) is 3.78. The van der Waals surface area contributed by atoms with Crippen molar-refractivity contribution in [3.8, 4) is 11.8 Å². The Morgan fingerprint density at radius 1 is 1.48 bits per heavy atom. The largest absolute Gasteiger partial charge is 0.481 e. The molecule has 3 rings (SSSR count). The molecule has 2 aromatic rings. The Hall–Kier alpha value is -2.92. The first-order chi connectivity index (χ1) is 12.1. The van der Waals surface area contributed by atoms with E-state index in [1.165, 1.54) is 0 Å². The van der Waals surface area contributed by atoms with E-state index in [0.717, 1.165) is 0 Å². The summed E-state index contributed by atoms with van der Waals surface area (Å²) in [6, 6.07) is 8.31. The topological polar surface area (TPSA) is 101 Å². The lowest BCUT2D eigenvalue weighted by Crippen LogP contribution is -2.48. The lowest BCUT2D eigenvalue weighted by atomic mass is 10.2. The number of benzene rings is 1. The Balaban J connectivity index is 1.74. The van der Waals surface area contributed by atoms with Crippen molar-refractivity contribution >= 4 is 5.91 Å². The van der Waals surface area contributed by atoms with Gasteiger partial charge in [-0.25, -0.2) is 0 Å². The van der Waals surface area contributed by atoms with Crippen LogP contribution in [-0.2, 0) is 9.53 Å². The third-order valence-electron chi connectivity index (χ3n) is 3.86. The van der Waals surface area contributed by atoms with Crippen molar-refractivity contribution in [2.45, 2.75) is 26.0 Å². The highest BCUT2D eigenvalue weighted by Crippen LogP contribution is 2.25. The van der Waals surface area contributed by atoms with Gasteiger partial charge in [-0.05, 0) is 25.1 Å². The first kappa shape index (κ1) is 16.9. The standard InChI is InChI=1S/C17H18N4O4/c1-11(24-14-5-3-4-13(8-14)9-18)17(22)21-6-7-23-10-15(21)16-20-19-12(2)25-16/h3-5,8,11,15H,6-7,10H2,1-2H3. The molecule has 1 amide bonds. The molecule has 0 N–H and O–H groups in total. The number of aromatic nitrogens is 2. The van der Waals surface area contributed by atoms with Crippen LogP contribution in [0.3, 0.4) is 0 Å². The first-order valence-electron chi connectivity index (χ1n) is 7.93. The molecule has 1 aromatic carbocycles. The van der Waals surface area contributed by atoms with Crippen molar-refractivity contribution < 1.29 is 18.7 Å². The normalized spacial score (nSPS) is 18.4. The molecule has 0 saturated carbocycles. The molecule has 1 saturated heterocycles. The van der Waals surface area contributed by atoms with Crippen molar-refractivity contribution in [1.82, 2.24) is 15.1 Å². The minimum Gasteiger partial charge on any atom is -0.481 e. The smallest absolute Gasteiger partial charge is 0.264 e. The Labute approximate surface area is 145 Å². The molecule has 1 aliphatic heterocycles. The van der Waals surface area contributed by atoms with Gasteiger partial charge in [-0.3, -0.25) is 4.79 Å². The fourth-order valence-corrected chi connectivity index (χ4v) is 2.65. The minimum atomic E-state index is -0.724. The van der Waals surface area contributed by atoms with Crippen LogP contribution in [0.5, 0.6) is 5.75 Å². The fourth-order valence-electron chi connectivity index (χ4n) is 2.65. The number of amides is 1. The molecule has 130 valence electrons. The zero-order chi connectivity index (χ0) is 17.8. The van der Waals surface area contributed by atoms with Crippen molar-refractivity contribution in [1.29, 1.82) is 5.26 Å². The van der Waals surface area contributed by atoms with Gasteiger partial charge in [0, 0.05) is 13.5 Å². The number of ether oxygens (including phenoxy) is 2. The number of morpholine rings is 1. The molecule has 2 atom stereocenters. The summed E-state index contributed by atoms with van der Waals surface area (Å²) in [6.45, 7) is 4.51. The maximum absolute atomic E-state index is 12.8. The maximum Gasteiger partial charge on any atom is 0.264 e. The zero-order valence-electron chi connectivity index (χ0n) is 14.0. The van der Waals surface area contributed by atoms with Gasteiger partial charge < -0.3 is 18.8 Å². The number of carbonyl (C=O) groups excluding carboxylic acids is 1. The van der Waals surface area contributed by atoms with Gasteiger partial charge in [-0.15, -0.1) is 10.2 Å². The van der Waals surface area contributed by atoms with E-state index in [1.54, 1.807) is 43.0 Å².